The molecule has 2 aromatic carbocycles. The van der Waals surface area contributed by atoms with Gasteiger partial charge < -0.3 is 14.6 Å². The van der Waals surface area contributed by atoms with Crippen LogP contribution in [-0.4, -0.2) is 21.7 Å². The van der Waals surface area contributed by atoms with E-state index in [4.69, 9.17) is 0 Å². The Morgan fingerprint density at radius 3 is 2.30 bits per heavy atom. The van der Waals surface area contributed by atoms with Gasteiger partial charge >= 0.3 is 7.12 Å². The highest BCUT2D eigenvalue weighted by molar-refractivity contribution is 6.61. The summed E-state index contributed by atoms with van der Waals surface area (Å²) in [4.78, 5) is 0. The summed E-state index contributed by atoms with van der Waals surface area (Å²) in [5, 5.41) is 19.2. The molecule has 3 rings (SSSR count). The Morgan fingerprint density at radius 1 is 0.950 bits per heavy atom. The predicted molar refractivity (Wildman–Crippen MR) is 73.0 cm³/mol. The Labute approximate surface area is 113 Å². The van der Waals surface area contributed by atoms with Gasteiger partial charge in [0.25, 0.3) is 0 Å². The van der Waals surface area contributed by atoms with Crippen LogP contribution in [-0.2, 0) is 0 Å². The molecule has 20 heavy (non-hydrogen) atoms. The van der Waals surface area contributed by atoms with Crippen molar-refractivity contribution in [3.8, 4) is 5.69 Å². The zero-order valence-electron chi connectivity index (χ0n) is 10.3. The number of hydrogen-bond donors (Lipinski definition) is 2. The zero-order chi connectivity index (χ0) is 14.3. The molecule has 3 aromatic rings. The lowest BCUT2D eigenvalue weighted by molar-refractivity contribution is 0.426. The second kappa shape index (κ2) is 4.74. The second-order valence-electron chi connectivity index (χ2n) is 4.47. The van der Waals surface area contributed by atoms with E-state index in [-0.39, 0.29) is 0 Å². The molecule has 3 nitrogen and oxygen atoms in total. The molecule has 0 spiro atoms. The molecule has 0 unspecified atom stereocenters. The number of hydrogen-bond acceptors (Lipinski definition) is 2. The van der Waals surface area contributed by atoms with Crippen LogP contribution in [0.15, 0.2) is 48.7 Å². The maximum Gasteiger partial charge on any atom is 0.489 e. The van der Waals surface area contributed by atoms with Gasteiger partial charge in [-0.3, -0.25) is 0 Å². The zero-order valence-corrected chi connectivity index (χ0v) is 10.3. The van der Waals surface area contributed by atoms with Crippen molar-refractivity contribution in [2.75, 3.05) is 0 Å². The number of rotatable bonds is 2. The molecule has 2 N–H and O–H groups in total. The van der Waals surface area contributed by atoms with E-state index in [1.807, 2.05) is 0 Å². The highest BCUT2D eigenvalue weighted by Crippen LogP contribution is 2.21. The first-order valence-corrected chi connectivity index (χ1v) is 5.99. The predicted octanol–water partition coefficient (Wildman–Crippen LogP) is 1.59. The van der Waals surface area contributed by atoms with Crippen molar-refractivity contribution in [2.45, 2.75) is 0 Å². The van der Waals surface area contributed by atoms with Crippen LogP contribution in [0, 0.1) is 11.6 Å². The molecule has 1 heterocycles. The number of fused-ring (bicyclic) bond motifs is 1. The molecule has 0 fully saturated rings. The summed E-state index contributed by atoms with van der Waals surface area (Å²) in [7, 11) is -1.60. The van der Waals surface area contributed by atoms with Gasteiger partial charge in [-0.1, -0.05) is 12.1 Å². The van der Waals surface area contributed by atoms with E-state index in [9.17, 15) is 18.8 Å². The minimum absolute atomic E-state index is 0.335. The van der Waals surface area contributed by atoms with Gasteiger partial charge in [0.15, 0.2) is 0 Å². The Balaban J connectivity index is 2.25. The fraction of sp³-hybridized carbons (Fsp3) is 0. The molecule has 0 saturated heterocycles. The van der Waals surface area contributed by atoms with E-state index < -0.39 is 18.8 Å². The molecule has 0 aliphatic rings. The average molecular weight is 273 g/mol. The number of benzene rings is 2. The van der Waals surface area contributed by atoms with Crippen LogP contribution >= 0.6 is 0 Å². The summed E-state index contributed by atoms with van der Waals surface area (Å²) in [6, 6.07) is 9.89. The minimum Gasteiger partial charge on any atom is -0.423 e. The third-order valence-corrected chi connectivity index (χ3v) is 3.17. The van der Waals surface area contributed by atoms with Gasteiger partial charge in [0, 0.05) is 12.3 Å². The fourth-order valence-corrected chi connectivity index (χ4v) is 2.32. The molecule has 0 aliphatic heterocycles. The molecular weight excluding hydrogens is 263 g/mol. The van der Waals surface area contributed by atoms with Gasteiger partial charge in [0.2, 0.25) is 0 Å². The smallest absolute Gasteiger partial charge is 0.423 e. The van der Waals surface area contributed by atoms with Crippen molar-refractivity contribution in [1.29, 1.82) is 0 Å². The van der Waals surface area contributed by atoms with Crippen molar-refractivity contribution < 1.29 is 18.8 Å². The summed E-state index contributed by atoms with van der Waals surface area (Å²) in [6.45, 7) is 0. The minimum atomic E-state index is -1.60. The number of nitrogens with zero attached hydrogens (tertiary/aromatic N) is 1. The van der Waals surface area contributed by atoms with Gasteiger partial charge in [0.05, 0.1) is 11.2 Å². The van der Waals surface area contributed by atoms with Crippen molar-refractivity contribution in [3.63, 3.8) is 0 Å². The molecule has 1 aromatic heterocycles. The van der Waals surface area contributed by atoms with E-state index in [2.05, 4.69) is 0 Å². The molecule has 0 amide bonds. The Bertz CT molecular complexity index is 766. The van der Waals surface area contributed by atoms with Crippen LogP contribution in [0.4, 0.5) is 8.78 Å². The van der Waals surface area contributed by atoms with Crippen molar-refractivity contribution >= 4 is 23.5 Å². The van der Waals surface area contributed by atoms with E-state index in [1.165, 1.54) is 12.1 Å². The average Bonchev–Trinajstić information content (AvgIpc) is 2.80. The van der Waals surface area contributed by atoms with Crippen LogP contribution in [0.3, 0.4) is 0 Å². The third kappa shape index (κ3) is 2.09. The molecule has 0 bridgehead atoms. The monoisotopic (exact) mass is 273 g/mol. The first kappa shape index (κ1) is 12.8. The van der Waals surface area contributed by atoms with E-state index >= 15 is 0 Å². The SMILES string of the molecule is OB(O)c1cccc2c1ccn2-c1cc(F)cc(F)c1. The van der Waals surface area contributed by atoms with Gasteiger partial charge in [0.1, 0.15) is 11.6 Å². The molecule has 6 heteroatoms. The summed E-state index contributed by atoms with van der Waals surface area (Å²) in [5.41, 5.74) is 1.32. The molecule has 0 saturated carbocycles. The van der Waals surface area contributed by atoms with Crippen LogP contribution in [0.1, 0.15) is 0 Å². The van der Waals surface area contributed by atoms with Gasteiger partial charge in [-0.05, 0) is 35.1 Å². The summed E-state index contributed by atoms with van der Waals surface area (Å²) in [5.74, 6) is -1.33. The standard InChI is InChI=1S/C14H10BF2NO2/c16-9-6-10(17)8-11(7-9)18-5-4-12-13(15(19)20)2-1-3-14(12)18/h1-8,19-20H. The molecular formula is C14H10BF2NO2. The van der Waals surface area contributed by atoms with E-state index in [1.54, 1.807) is 35.0 Å². The Hall–Kier alpha value is -2.18. The first-order valence-electron chi connectivity index (χ1n) is 5.99. The largest absolute Gasteiger partial charge is 0.489 e. The lowest BCUT2D eigenvalue weighted by atomic mass is 9.78. The Kier molecular flexibility index (Phi) is 3.04. The van der Waals surface area contributed by atoms with Crippen LogP contribution in [0.2, 0.25) is 0 Å². The van der Waals surface area contributed by atoms with Crippen molar-refractivity contribution in [2.24, 2.45) is 0 Å². The summed E-state index contributed by atoms with van der Waals surface area (Å²) in [6.07, 6.45) is 1.63. The first-order chi connectivity index (χ1) is 9.56. The normalized spacial score (nSPS) is 11.0. The van der Waals surface area contributed by atoms with Gasteiger partial charge in [-0.25, -0.2) is 8.78 Å². The fourth-order valence-electron chi connectivity index (χ4n) is 2.32. The topological polar surface area (TPSA) is 45.4 Å². The van der Waals surface area contributed by atoms with Gasteiger partial charge in [-0.15, -0.1) is 0 Å². The second-order valence-corrected chi connectivity index (χ2v) is 4.47. The van der Waals surface area contributed by atoms with Crippen LogP contribution < -0.4 is 5.46 Å². The van der Waals surface area contributed by atoms with Crippen LogP contribution in [0.25, 0.3) is 16.6 Å². The quantitative estimate of drug-likeness (QED) is 0.696. The number of halogens is 2. The lowest BCUT2D eigenvalue weighted by Gasteiger charge is -2.07. The molecule has 100 valence electrons. The van der Waals surface area contributed by atoms with E-state index in [0.29, 0.717) is 22.1 Å². The highest BCUT2D eigenvalue weighted by Gasteiger charge is 2.16. The molecule has 0 radical (unpaired) electrons. The number of aromatic nitrogens is 1. The summed E-state index contributed by atoms with van der Waals surface area (Å²) >= 11 is 0. The van der Waals surface area contributed by atoms with Crippen LogP contribution in [0.5, 0.6) is 0 Å². The lowest BCUT2D eigenvalue weighted by Crippen LogP contribution is -2.30. The molecule has 0 atom stereocenters. The maximum absolute atomic E-state index is 13.3. The van der Waals surface area contributed by atoms with Crippen molar-refractivity contribution in [3.05, 3.63) is 60.3 Å². The van der Waals surface area contributed by atoms with E-state index in [0.717, 1.165) is 6.07 Å². The summed E-state index contributed by atoms with van der Waals surface area (Å²) < 4.78 is 28.2. The maximum atomic E-state index is 13.3. The third-order valence-electron chi connectivity index (χ3n) is 3.17. The van der Waals surface area contributed by atoms with Gasteiger partial charge in [-0.2, -0.15) is 0 Å². The van der Waals surface area contributed by atoms with Crippen molar-refractivity contribution in [1.82, 2.24) is 4.57 Å². The Morgan fingerprint density at radius 2 is 1.65 bits per heavy atom. The highest BCUT2D eigenvalue weighted by atomic mass is 19.1. The molecule has 0 aliphatic carbocycles.